The monoisotopic (exact) mass is 426 g/mol. The van der Waals surface area contributed by atoms with E-state index in [0.717, 1.165) is 39.6 Å². The first kappa shape index (κ1) is 21.2. The number of aromatic nitrogens is 1. The van der Waals surface area contributed by atoms with Gasteiger partial charge in [0.15, 0.2) is 0 Å². The van der Waals surface area contributed by atoms with Crippen molar-refractivity contribution in [3.8, 4) is 11.3 Å². The minimum Gasteiger partial charge on any atom is -0.349 e. The van der Waals surface area contributed by atoms with Gasteiger partial charge in [-0.15, -0.1) is 0 Å². The van der Waals surface area contributed by atoms with Crippen molar-refractivity contribution in [2.45, 2.75) is 64.8 Å². The molecule has 2 saturated carbocycles. The van der Waals surface area contributed by atoms with Crippen molar-refractivity contribution in [3.05, 3.63) is 65.7 Å². The molecular weight excluding hydrogens is 392 g/mol. The summed E-state index contributed by atoms with van der Waals surface area (Å²) in [4.78, 5) is 18.4. The van der Waals surface area contributed by atoms with E-state index >= 15 is 0 Å². The molecular formula is C29H34N2O. The van der Waals surface area contributed by atoms with Gasteiger partial charge >= 0.3 is 0 Å². The molecule has 0 unspecified atom stereocenters. The summed E-state index contributed by atoms with van der Waals surface area (Å²) in [7, 11) is 0. The average Bonchev–Trinajstić information content (AvgIpc) is 3.42. The highest BCUT2D eigenvalue weighted by atomic mass is 16.1. The Morgan fingerprint density at radius 2 is 1.78 bits per heavy atom. The minimum absolute atomic E-state index is 0.0198. The van der Waals surface area contributed by atoms with E-state index in [4.69, 9.17) is 4.98 Å². The predicted octanol–water partition coefficient (Wildman–Crippen LogP) is 6.75. The van der Waals surface area contributed by atoms with Crippen LogP contribution in [0.3, 0.4) is 0 Å². The summed E-state index contributed by atoms with van der Waals surface area (Å²) in [5.41, 5.74) is 4.87. The van der Waals surface area contributed by atoms with Gasteiger partial charge in [0.1, 0.15) is 0 Å². The molecule has 3 aromatic rings. The SMILES string of the molecule is C[C@H](NC(=O)c1cc(-c2ccc(C(C)(C)C)cc2)nc2ccccc12)[C@H]1C[C@@H]2CC[C@@H]1C2. The maximum atomic E-state index is 13.5. The number of rotatable bonds is 4. The molecule has 1 heterocycles. The molecule has 2 bridgehead atoms. The van der Waals surface area contributed by atoms with Gasteiger partial charge in [0.2, 0.25) is 0 Å². The van der Waals surface area contributed by atoms with E-state index in [2.05, 4.69) is 57.3 Å². The Bertz CT molecular complexity index is 1140. The molecule has 32 heavy (non-hydrogen) atoms. The number of nitrogens with zero attached hydrogens (tertiary/aromatic N) is 1. The third kappa shape index (κ3) is 3.94. The lowest BCUT2D eigenvalue weighted by molar-refractivity contribution is 0.0917. The predicted molar refractivity (Wildman–Crippen MR) is 132 cm³/mol. The Morgan fingerprint density at radius 1 is 1.03 bits per heavy atom. The summed E-state index contributed by atoms with van der Waals surface area (Å²) in [6, 6.07) is 18.7. The molecule has 2 aliphatic carbocycles. The van der Waals surface area contributed by atoms with Crippen molar-refractivity contribution < 1.29 is 4.79 Å². The van der Waals surface area contributed by atoms with Crippen LogP contribution in [-0.2, 0) is 5.41 Å². The molecule has 4 atom stereocenters. The molecule has 1 amide bonds. The van der Waals surface area contributed by atoms with E-state index in [1.54, 1.807) is 0 Å². The largest absolute Gasteiger partial charge is 0.349 e. The second kappa shape index (κ2) is 8.03. The van der Waals surface area contributed by atoms with Gasteiger partial charge < -0.3 is 5.32 Å². The fourth-order valence-electron chi connectivity index (χ4n) is 5.95. The first-order chi connectivity index (χ1) is 15.3. The van der Waals surface area contributed by atoms with Gasteiger partial charge in [-0.2, -0.15) is 0 Å². The van der Waals surface area contributed by atoms with Crippen LogP contribution in [-0.4, -0.2) is 16.9 Å². The molecule has 1 aromatic heterocycles. The topological polar surface area (TPSA) is 42.0 Å². The zero-order chi connectivity index (χ0) is 22.5. The maximum absolute atomic E-state index is 13.5. The van der Waals surface area contributed by atoms with Crippen LogP contribution in [0.4, 0.5) is 0 Å². The number of fused-ring (bicyclic) bond motifs is 3. The Kier molecular flexibility index (Phi) is 5.31. The molecule has 166 valence electrons. The maximum Gasteiger partial charge on any atom is 0.252 e. The van der Waals surface area contributed by atoms with Crippen LogP contribution in [0.2, 0.25) is 0 Å². The number of hydrogen-bond donors (Lipinski definition) is 1. The average molecular weight is 427 g/mol. The first-order valence-electron chi connectivity index (χ1n) is 12.1. The summed E-state index contributed by atoms with van der Waals surface area (Å²) in [5, 5.41) is 4.27. The van der Waals surface area contributed by atoms with Gasteiger partial charge in [0, 0.05) is 17.0 Å². The molecule has 0 aliphatic heterocycles. The van der Waals surface area contributed by atoms with Gasteiger partial charge in [-0.3, -0.25) is 4.79 Å². The Morgan fingerprint density at radius 3 is 2.44 bits per heavy atom. The fourth-order valence-corrected chi connectivity index (χ4v) is 5.95. The Labute approximate surface area is 191 Å². The van der Waals surface area contributed by atoms with E-state index in [0.29, 0.717) is 5.92 Å². The van der Waals surface area contributed by atoms with Crippen LogP contribution >= 0.6 is 0 Å². The van der Waals surface area contributed by atoms with E-state index < -0.39 is 0 Å². The lowest BCUT2D eigenvalue weighted by Gasteiger charge is -2.28. The van der Waals surface area contributed by atoms with Gasteiger partial charge in [0.25, 0.3) is 5.91 Å². The van der Waals surface area contributed by atoms with E-state index in [1.807, 2.05) is 30.3 Å². The minimum atomic E-state index is 0.0198. The van der Waals surface area contributed by atoms with Crippen molar-refractivity contribution in [1.29, 1.82) is 0 Å². The zero-order valence-corrected chi connectivity index (χ0v) is 19.7. The lowest BCUT2D eigenvalue weighted by atomic mass is 9.84. The van der Waals surface area contributed by atoms with Crippen LogP contribution in [0.15, 0.2) is 54.6 Å². The number of amides is 1. The van der Waals surface area contributed by atoms with Crippen molar-refractivity contribution >= 4 is 16.8 Å². The molecule has 0 radical (unpaired) electrons. The summed E-state index contributed by atoms with van der Waals surface area (Å²) < 4.78 is 0. The van der Waals surface area contributed by atoms with Gasteiger partial charge in [-0.25, -0.2) is 4.98 Å². The highest BCUT2D eigenvalue weighted by Crippen LogP contribution is 2.49. The molecule has 3 heteroatoms. The molecule has 5 rings (SSSR count). The fraction of sp³-hybridized carbons (Fsp3) is 0.448. The molecule has 0 spiro atoms. The second-order valence-corrected chi connectivity index (χ2v) is 11.0. The molecule has 2 aromatic carbocycles. The Hall–Kier alpha value is -2.68. The number of hydrogen-bond acceptors (Lipinski definition) is 2. The highest BCUT2D eigenvalue weighted by Gasteiger charge is 2.42. The third-order valence-corrected chi connectivity index (χ3v) is 7.80. The van der Waals surface area contributed by atoms with Crippen LogP contribution in [0, 0.1) is 17.8 Å². The molecule has 1 N–H and O–H groups in total. The normalized spacial score (nSPS) is 23.4. The van der Waals surface area contributed by atoms with Gasteiger partial charge in [-0.05, 0) is 67.1 Å². The van der Waals surface area contributed by atoms with Crippen LogP contribution in [0.5, 0.6) is 0 Å². The van der Waals surface area contributed by atoms with Gasteiger partial charge in [-0.1, -0.05) is 69.7 Å². The first-order valence-corrected chi connectivity index (χ1v) is 12.1. The van der Waals surface area contributed by atoms with Crippen molar-refractivity contribution in [3.63, 3.8) is 0 Å². The number of carbonyl (C=O) groups excluding carboxylic acids is 1. The standard InChI is InChI=1S/C29H34N2O/c1-18(24-16-19-9-10-21(24)15-19)30-28(32)25-17-27(31-26-8-6-5-7-23(25)26)20-11-13-22(14-12-20)29(2,3)4/h5-8,11-14,17-19,21,24H,9-10,15-16H2,1-4H3,(H,30,32)/t18-,19+,21+,24+/m0/s1. The van der Waals surface area contributed by atoms with Crippen molar-refractivity contribution in [2.24, 2.45) is 17.8 Å². The van der Waals surface area contributed by atoms with E-state index in [-0.39, 0.29) is 17.4 Å². The highest BCUT2D eigenvalue weighted by molar-refractivity contribution is 6.07. The van der Waals surface area contributed by atoms with Crippen molar-refractivity contribution in [2.75, 3.05) is 0 Å². The number of pyridine rings is 1. The molecule has 3 nitrogen and oxygen atoms in total. The molecule has 2 fully saturated rings. The lowest BCUT2D eigenvalue weighted by Crippen LogP contribution is -2.40. The summed E-state index contributed by atoms with van der Waals surface area (Å²) in [6.07, 6.45) is 5.35. The third-order valence-electron chi connectivity index (χ3n) is 7.80. The number of carbonyl (C=O) groups is 1. The Balaban J connectivity index is 1.46. The van der Waals surface area contributed by atoms with E-state index in [1.165, 1.54) is 31.2 Å². The zero-order valence-electron chi connectivity index (χ0n) is 19.7. The summed E-state index contributed by atoms with van der Waals surface area (Å²) >= 11 is 0. The van der Waals surface area contributed by atoms with Gasteiger partial charge in [0.05, 0.1) is 16.8 Å². The number of nitrogens with one attached hydrogen (secondary N) is 1. The second-order valence-electron chi connectivity index (χ2n) is 11.0. The number of benzene rings is 2. The molecule has 0 saturated heterocycles. The summed E-state index contributed by atoms with van der Waals surface area (Å²) in [5.74, 6) is 2.32. The van der Waals surface area contributed by atoms with Crippen LogP contribution in [0.25, 0.3) is 22.2 Å². The number of para-hydroxylation sites is 1. The molecule has 2 aliphatic rings. The van der Waals surface area contributed by atoms with Crippen LogP contribution in [0.1, 0.15) is 69.3 Å². The quantitative estimate of drug-likeness (QED) is 0.501. The smallest absolute Gasteiger partial charge is 0.252 e. The van der Waals surface area contributed by atoms with Crippen molar-refractivity contribution in [1.82, 2.24) is 10.3 Å². The van der Waals surface area contributed by atoms with Crippen LogP contribution < -0.4 is 5.32 Å². The summed E-state index contributed by atoms with van der Waals surface area (Å²) in [6.45, 7) is 8.85. The van der Waals surface area contributed by atoms with E-state index in [9.17, 15) is 4.79 Å².